The predicted molar refractivity (Wildman–Crippen MR) is 108 cm³/mol. The number of aromatic nitrogens is 3. The number of alkyl halides is 2. The molecular formula is C21H19F2N5. The molecule has 0 bridgehead atoms. The summed E-state index contributed by atoms with van der Waals surface area (Å²) in [5.41, 5.74) is 2.59. The molecule has 28 heavy (non-hydrogen) atoms. The Morgan fingerprint density at radius 3 is 2.71 bits per heavy atom. The fourth-order valence-electron chi connectivity index (χ4n) is 3.78. The molecule has 5 nitrogen and oxygen atoms in total. The molecule has 0 aliphatic carbocycles. The average molecular weight is 379 g/mol. The van der Waals surface area contributed by atoms with Crippen LogP contribution >= 0.6 is 0 Å². The maximum Gasteiger partial charge on any atom is 0.251 e. The Bertz CT molecular complexity index is 1140. The SMILES string of the molecule is FC1(F)CCN(c2cccc3cc(Nc4[nH]nc5ncccc45)ccc23)CC1. The molecule has 0 saturated carbocycles. The quantitative estimate of drug-likeness (QED) is 0.521. The van der Waals surface area contributed by atoms with Crippen LogP contribution < -0.4 is 10.2 Å². The molecule has 0 atom stereocenters. The number of halogens is 2. The third kappa shape index (κ3) is 3.02. The molecule has 1 fully saturated rings. The van der Waals surface area contributed by atoms with E-state index in [9.17, 15) is 8.78 Å². The summed E-state index contributed by atoms with van der Waals surface area (Å²) in [6.45, 7) is 0.749. The standard InChI is InChI=1S/C21H19F2N5/c22-21(23)8-11-28(12-9-21)18-5-1-3-14-13-15(6-7-16(14)18)25-20-17-4-2-10-24-19(17)26-27-20/h1-7,10,13H,8-9,11-12H2,(H2,24,25,26,27). The van der Waals surface area contributed by atoms with Crippen molar-refractivity contribution in [3.8, 4) is 0 Å². The predicted octanol–water partition coefficient (Wildman–Crippen LogP) is 5.09. The largest absolute Gasteiger partial charge is 0.371 e. The second-order valence-corrected chi connectivity index (χ2v) is 7.15. The van der Waals surface area contributed by atoms with E-state index in [1.165, 1.54) is 0 Å². The zero-order valence-corrected chi connectivity index (χ0v) is 15.1. The lowest BCUT2D eigenvalue weighted by atomic mass is 10.0. The van der Waals surface area contributed by atoms with Gasteiger partial charge in [-0.3, -0.25) is 5.10 Å². The van der Waals surface area contributed by atoms with Gasteiger partial charge >= 0.3 is 0 Å². The number of pyridine rings is 1. The molecular weight excluding hydrogens is 360 g/mol. The van der Waals surface area contributed by atoms with Crippen molar-refractivity contribution in [3.63, 3.8) is 0 Å². The van der Waals surface area contributed by atoms with Crippen LogP contribution in [0.25, 0.3) is 21.8 Å². The molecule has 0 spiro atoms. The van der Waals surface area contributed by atoms with E-state index in [4.69, 9.17) is 0 Å². The van der Waals surface area contributed by atoms with E-state index >= 15 is 0 Å². The number of nitrogens with one attached hydrogen (secondary N) is 2. The Morgan fingerprint density at radius 1 is 1.00 bits per heavy atom. The zero-order chi connectivity index (χ0) is 19.1. The van der Waals surface area contributed by atoms with Gasteiger partial charge in [0, 0.05) is 48.9 Å². The lowest BCUT2D eigenvalue weighted by Gasteiger charge is -2.34. The van der Waals surface area contributed by atoms with E-state index < -0.39 is 5.92 Å². The number of aromatic amines is 1. The number of anilines is 3. The third-order valence-electron chi connectivity index (χ3n) is 5.29. The summed E-state index contributed by atoms with van der Waals surface area (Å²) < 4.78 is 27.0. The normalized spacial score (nSPS) is 16.6. The minimum Gasteiger partial charge on any atom is -0.371 e. The van der Waals surface area contributed by atoms with Crippen molar-refractivity contribution in [3.05, 3.63) is 54.7 Å². The van der Waals surface area contributed by atoms with Gasteiger partial charge in [0.25, 0.3) is 5.92 Å². The Morgan fingerprint density at radius 2 is 1.86 bits per heavy atom. The number of fused-ring (bicyclic) bond motifs is 2. The molecule has 4 aromatic rings. The minimum atomic E-state index is -2.54. The van der Waals surface area contributed by atoms with Crippen molar-refractivity contribution < 1.29 is 8.78 Å². The minimum absolute atomic E-state index is 0.0933. The van der Waals surface area contributed by atoms with E-state index in [2.05, 4.69) is 31.5 Å². The van der Waals surface area contributed by atoms with Crippen molar-refractivity contribution in [1.29, 1.82) is 0 Å². The van der Waals surface area contributed by atoms with Crippen LogP contribution in [0, 0.1) is 0 Å². The van der Waals surface area contributed by atoms with Gasteiger partial charge in [-0.15, -0.1) is 0 Å². The van der Waals surface area contributed by atoms with Gasteiger partial charge in [0.15, 0.2) is 5.65 Å². The summed E-state index contributed by atoms with van der Waals surface area (Å²) in [6.07, 6.45) is 1.52. The van der Waals surface area contributed by atoms with Gasteiger partial charge in [0.2, 0.25) is 0 Å². The van der Waals surface area contributed by atoms with Crippen LogP contribution in [0.4, 0.5) is 26.0 Å². The van der Waals surface area contributed by atoms with Crippen LogP contribution in [0.5, 0.6) is 0 Å². The number of benzene rings is 2. The first-order chi connectivity index (χ1) is 13.6. The number of H-pyrrole nitrogens is 1. The van der Waals surface area contributed by atoms with Crippen molar-refractivity contribution in [1.82, 2.24) is 15.2 Å². The molecule has 3 heterocycles. The van der Waals surface area contributed by atoms with Gasteiger partial charge in [-0.25, -0.2) is 13.8 Å². The van der Waals surface area contributed by atoms with Crippen molar-refractivity contribution >= 4 is 39.0 Å². The highest BCUT2D eigenvalue weighted by atomic mass is 19.3. The highest BCUT2D eigenvalue weighted by molar-refractivity contribution is 5.97. The maximum absolute atomic E-state index is 13.5. The molecule has 2 aromatic heterocycles. The zero-order valence-electron chi connectivity index (χ0n) is 15.1. The number of hydrogen-bond donors (Lipinski definition) is 2. The Balaban J connectivity index is 1.45. The fraction of sp³-hybridized carbons (Fsp3) is 0.238. The van der Waals surface area contributed by atoms with Gasteiger partial charge in [-0.1, -0.05) is 18.2 Å². The van der Waals surface area contributed by atoms with Crippen LogP contribution in [-0.4, -0.2) is 34.2 Å². The molecule has 2 N–H and O–H groups in total. The Kier molecular flexibility index (Phi) is 3.89. The molecule has 1 aliphatic rings. The first-order valence-electron chi connectivity index (χ1n) is 9.31. The van der Waals surface area contributed by atoms with Crippen LogP contribution in [0.15, 0.2) is 54.7 Å². The highest BCUT2D eigenvalue weighted by Crippen LogP contribution is 2.35. The summed E-state index contributed by atoms with van der Waals surface area (Å²) in [5.74, 6) is -1.75. The fourth-order valence-corrected chi connectivity index (χ4v) is 3.78. The van der Waals surface area contributed by atoms with E-state index in [0.717, 1.165) is 33.4 Å². The van der Waals surface area contributed by atoms with Crippen molar-refractivity contribution in [2.75, 3.05) is 23.3 Å². The monoisotopic (exact) mass is 379 g/mol. The molecule has 7 heteroatoms. The molecule has 1 saturated heterocycles. The smallest absolute Gasteiger partial charge is 0.251 e. The summed E-state index contributed by atoms with van der Waals surface area (Å²) >= 11 is 0. The van der Waals surface area contributed by atoms with Gasteiger partial charge < -0.3 is 10.2 Å². The third-order valence-corrected chi connectivity index (χ3v) is 5.29. The van der Waals surface area contributed by atoms with Gasteiger partial charge in [-0.2, -0.15) is 5.10 Å². The molecule has 142 valence electrons. The topological polar surface area (TPSA) is 56.8 Å². The summed E-state index contributed by atoms with van der Waals surface area (Å²) in [5, 5.41) is 13.6. The second kappa shape index (κ2) is 6.44. The number of hydrogen-bond acceptors (Lipinski definition) is 4. The van der Waals surface area contributed by atoms with Crippen LogP contribution in [0.1, 0.15) is 12.8 Å². The lowest BCUT2D eigenvalue weighted by molar-refractivity contribution is -0.0220. The number of piperidine rings is 1. The number of rotatable bonds is 3. The van der Waals surface area contributed by atoms with Gasteiger partial charge in [-0.05, 0) is 35.7 Å². The summed E-state index contributed by atoms with van der Waals surface area (Å²) in [4.78, 5) is 6.28. The first kappa shape index (κ1) is 16.9. The summed E-state index contributed by atoms with van der Waals surface area (Å²) in [7, 11) is 0. The Hall–Kier alpha value is -3.22. The summed E-state index contributed by atoms with van der Waals surface area (Å²) in [6, 6.07) is 15.9. The molecule has 0 unspecified atom stereocenters. The molecule has 1 aliphatic heterocycles. The molecule has 2 aromatic carbocycles. The van der Waals surface area contributed by atoms with Crippen molar-refractivity contribution in [2.45, 2.75) is 18.8 Å². The highest BCUT2D eigenvalue weighted by Gasteiger charge is 2.34. The van der Waals surface area contributed by atoms with E-state index in [1.54, 1.807) is 6.20 Å². The van der Waals surface area contributed by atoms with E-state index in [-0.39, 0.29) is 12.8 Å². The van der Waals surface area contributed by atoms with Gasteiger partial charge in [0.1, 0.15) is 5.82 Å². The van der Waals surface area contributed by atoms with Gasteiger partial charge in [0.05, 0.1) is 5.39 Å². The first-order valence-corrected chi connectivity index (χ1v) is 9.31. The second-order valence-electron chi connectivity index (χ2n) is 7.15. The Labute approximate surface area is 160 Å². The molecule has 0 radical (unpaired) electrons. The lowest BCUT2D eigenvalue weighted by Crippen LogP contribution is -2.39. The maximum atomic E-state index is 13.5. The van der Waals surface area contributed by atoms with E-state index in [1.807, 2.05) is 42.5 Å². The van der Waals surface area contributed by atoms with Crippen LogP contribution in [0.3, 0.4) is 0 Å². The van der Waals surface area contributed by atoms with Crippen molar-refractivity contribution in [2.24, 2.45) is 0 Å². The number of nitrogens with zero attached hydrogens (tertiary/aromatic N) is 3. The van der Waals surface area contributed by atoms with Crippen LogP contribution in [0.2, 0.25) is 0 Å². The van der Waals surface area contributed by atoms with Crippen LogP contribution in [-0.2, 0) is 0 Å². The molecule has 0 amide bonds. The molecule has 5 rings (SSSR count). The van der Waals surface area contributed by atoms with E-state index in [0.29, 0.717) is 18.7 Å². The average Bonchev–Trinajstić information content (AvgIpc) is 3.10.